The number of nitrogens with zero attached hydrogens (tertiary/aromatic N) is 2. The maximum Gasteiger partial charge on any atom is 0.306 e. The first kappa shape index (κ1) is 32.4. The van der Waals surface area contributed by atoms with Crippen molar-refractivity contribution in [2.24, 2.45) is 11.8 Å². The first-order valence-electron chi connectivity index (χ1n) is 15.4. The van der Waals surface area contributed by atoms with E-state index in [1.165, 1.54) is 4.90 Å². The predicted octanol–water partition coefficient (Wildman–Crippen LogP) is 2.93. The molecule has 2 N–H and O–H groups in total. The molecule has 6 atom stereocenters. The van der Waals surface area contributed by atoms with E-state index in [9.17, 15) is 24.3 Å². The van der Waals surface area contributed by atoms with Crippen LogP contribution in [-0.2, 0) is 28.7 Å². The number of rotatable bonds is 17. The molecule has 3 heterocycles. The average Bonchev–Trinajstić information content (AvgIpc) is 3.65. The van der Waals surface area contributed by atoms with E-state index >= 15 is 0 Å². The zero-order valence-corrected chi connectivity index (χ0v) is 25.1. The molecule has 0 aliphatic carbocycles. The highest BCUT2D eigenvalue weighted by atomic mass is 16.5. The van der Waals surface area contributed by atoms with Crippen LogP contribution >= 0.6 is 0 Å². The normalized spacial score (nSPS) is 26.1. The molecule has 3 amide bonds. The summed E-state index contributed by atoms with van der Waals surface area (Å²) >= 11 is 0. The Labute approximate surface area is 254 Å². The van der Waals surface area contributed by atoms with Gasteiger partial charge in [-0.2, -0.15) is 0 Å². The molecule has 43 heavy (non-hydrogen) atoms. The van der Waals surface area contributed by atoms with Crippen molar-refractivity contribution in [3.8, 4) is 0 Å². The van der Waals surface area contributed by atoms with Gasteiger partial charge in [-0.25, -0.2) is 0 Å². The highest BCUT2D eigenvalue weighted by Gasteiger charge is 2.74. The van der Waals surface area contributed by atoms with Crippen LogP contribution in [0.25, 0.3) is 0 Å². The predicted molar refractivity (Wildman–Crippen MR) is 160 cm³/mol. The van der Waals surface area contributed by atoms with Crippen molar-refractivity contribution in [2.75, 3.05) is 32.8 Å². The van der Waals surface area contributed by atoms with Gasteiger partial charge in [-0.1, -0.05) is 62.2 Å². The second-order valence-electron chi connectivity index (χ2n) is 11.6. The largest absolute Gasteiger partial charge is 0.463 e. The summed E-state index contributed by atoms with van der Waals surface area (Å²) in [4.78, 5) is 57.5. The Morgan fingerprint density at radius 2 is 2.00 bits per heavy atom. The van der Waals surface area contributed by atoms with E-state index in [2.05, 4.69) is 25.4 Å². The lowest BCUT2D eigenvalue weighted by Crippen LogP contribution is -2.56. The van der Waals surface area contributed by atoms with Crippen molar-refractivity contribution in [3.05, 3.63) is 61.2 Å². The highest BCUT2D eigenvalue weighted by Crippen LogP contribution is 2.58. The minimum absolute atomic E-state index is 0.0277. The molecule has 0 unspecified atom stereocenters. The second kappa shape index (κ2) is 14.8. The molecule has 234 valence electrons. The third-order valence-electron chi connectivity index (χ3n) is 8.85. The summed E-state index contributed by atoms with van der Waals surface area (Å²) < 4.78 is 12.0. The van der Waals surface area contributed by atoms with Crippen LogP contribution in [0.1, 0.15) is 63.5 Å². The Morgan fingerprint density at radius 1 is 1.23 bits per heavy atom. The molecule has 3 aliphatic heterocycles. The summed E-state index contributed by atoms with van der Waals surface area (Å²) in [6.07, 6.45) is 7.24. The number of nitrogens with one attached hydrogen (secondary N) is 1. The molecule has 4 rings (SSSR count). The molecule has 2 bridgehead atoms. The number of allylic oxidation sites excluding steroid dienone is 1. The van der Waals surface area contributed by atoms with Gasteiger partial charge in [-0.3, -0.25) is 19.2 Å². The molecule has 0 aromatic heterocycles. The van der Waals surface area contributed by atoms with Gasteiger partial charge in [0.25, 0.3) is 0 Å². The summed E-state index contributed by atoms with van der Waals surface area (Å²) in [7, 11) is 0. The highest BCUT2D eigenvalue weighted by molar-refractivity contribution is 5.99. The number of hydrogen-bond acceptors (Lipinski definition) is 7. The number of fused-ring (bicyclic) bond motifs is 1. The van der Waals surface area contributed by atoms with E-state index < -0.39 is 41.6 Å². The zero-order valence-electron chi connectivity index (χ0n) is 25.1. The number of amides is 3. The van der Waals surface area contributed by atoms with Crippen molar-refractivity contribution < 1.29 is 33.8 Å². The number of carbonyl (C=O) groups is 4. The van der Waals surface area contributed by atoms with E-state index in [-0.39, 0.29) is 43.9 Å². The lowest BCUT2D eigenvalue weighted by Gasteiger charge is -2.36. The number of carbonyl (C=O) groups excluding carboxylic acids is 4. The van der Waals surface area contributed by atoms with Crippen LogP contribution in [0.15, 0.2) is 55.6 Å². The molecular weight excluding hydrogens is 550 g/mol. The van der Waals surface area contributed by atoms with Crippen molar-refractivity contribution in [1.82, 2.24) is 15.1 Å². The minimum atomic E-state index is -1.15. The van der Waals surface area contributed by atoms with E-state index in [0.29, 0.717) is 32.4 Å². The number of β-amino-alcohol motifs (C(OH)–C–C–N with tert-alkyl or cyclic N) is 1. The van der Waals surface area contributed by atoms with Crippen LogP contribution < -0.4 is 5.32 Å². The summed E-state index contributed by atoms with van der Waals surface area (Å²) in [5, 5.41) is 12.9. The van der Waals surface area contributed by atoms with E-state index in [1.54, 1.807) is 17.1 Å². The van der Waals surface area contributed by atoms with Gasteiger partial charge in [0.15, 0.2) is 0 Å². The van der Waals surface area contributed by atoms with Crippen molar-refractivity contribution in [2.45, 2.75) is 75.7 Å². The molecule has 10 nitrogen and oxygen atoms in total. The summed E-state index contributed by atoms with van der Waals surface area (Å²) in [5.74, 6) is -3.06. The maximum absolute atomic E-state index is 14.1. The fraction of sp³-hybridized carbons (Fsp3) is 0.576. The number of ether oxygens (including phenoxy) is 2. The minimum Gasteiger partial charge on any atom is -0.463 e. The third kappa shape index (κ3) is 6.70. The SMILES string of the molecule is C=CCCC(=O)OC[C@@H](NC(=O)[C@@H]1[C@H]2C(=O)N(CCO)[C@H](C(=O)N(CC=C)CCCCC)[C@]23CC[C@H]1O3)c1ccccc1. The van der Waals surface area contributed by atoms with Gasteiger partial charge in [0.2, 0.25) is 17.7 Å². The van der Waals surface area contributed by atoms with Crippen LogP contribution in [0.2, 0.25) is 0 Å². The Balaban J connectivity index is 1.59. The number of esters is 1. The van der Waals surface area contributed by atoms with Gasteiger partial charge in [-0.15, -0.1) is 13.2 Å². The van der Waals surface area contributed by atoms with Crippen LogP contribution in [0.5, 0.6) is 0 Å². The Kier molecular flexibility index (Phi) is 11.2. The lowest BCUT2D eigenvalue weighted by atomic mass is 9.70. The van der Waals surface area contributed by atoms with Gasteiger partial charge >= 0.3 is 5.97 Å². The smallest absolute Gasteiger partial charge is 0.306 e. The molecule has 1 aromatic carbocycles. The van der Waals surface area contributed by atoms with E-state index in [1.807, 2.05) is 30.3 Å². The number of aliphatic hydroxyl groups excluding tert-OH is 1. The molecule has 1 spiro atoms. The first-order valence-corrected chi connectivity index (χ1v) is 15.4. The van der Waals surface area contributed by atoms with E-state index in [0.717, 1.165) is 24.8 Å². The quantitative estimate of drug-likeness (QED) is 0.161. The van der Waals surface area contributed by atoms with Crippen LogP contribution in [0.3, 0.4) is 0 Å². The fourth-order valence-electron chi connectivity index (χ4n) is 6.90. The molecule has 10 heteroatoms. The van der Waals surface area contributed by atoms with Crippen LogP contribution in [-0.4, -0.2) is 89.2 Å². The van der Waals surface area contributed by atoms with Gasteiger partial charge in [0.1, 0.15) is 18.2 Å². The standard InChI is InChI=1S/C33H45N3O7/c1-4-7-12-19-35(18-6-3)32(41)29-33-17-16-25(43-33)27(28(33)31(40)36(29)20-21-37)30(39)34-24(23-13-10-9-11-14-23)22-42-26(38)15-8-5-2/h5-6,9-11,13-14,24-25,27-29,37H,2-4,7-8,12,15-22H2,1H3,(H,34,39)/t24-,25-,27+,28+,29-,33+/m1/s1. The molecular formula is C33H45N3O7. The topological polar surface area (TPSA) is 125 Å². The van der Waals surface area contributed by atoms with E-state index in [4.69, 9.17) is 9.47 Å². The number of likely N-dealkylation sites (tertiary alicyclic amines) is 1. The van der Waals surface area contributed by atoms with Crippen LogP contribution in [0.4, 0.5) is 0 Å². The molecule has 3 aliphatic rings. The van der Waals surface area contributed by atoms with Crippen molar-refractivity contribution in [3.63, 3.8) is 0 Å². The van der Waals surface area contributed by atoms with Crippen molar-refractivity contribution in [1.29, 1.82) is 0 Å². The average molecular weight is 596 g/mol. The zero-order chi connectivity index (χ0) is 31.0. The fourth-order valence-corrected chi connectivity index (χ4v) is 6.90. The van der Waals surface area contributed by atoms with Gasteiger partial charge in [0, 0.05) is 26.1 Å². The summed E-state index contributed by atoms with van der Waals surface area (Å²) in [5.41, 5.74) is -0.398. The Morgan fingerprint density at radius 3 is 2.67 bits per heavy atom. The summed E-state index contributed by atoms with van der Waals surface area (Å²) in [6.45, 7) is 9.97. The van der Waals surface area contributed by atoms with Gasteiger partial charge < -0.3 is 29.7 Å². The third-order valence-corrected chi connectivity index (χ3v) is 8.85. The molecule has 1 aromatic rings. The maximum atomic E-state index is 14.1. The van der Waals surface area contributed by atoms with Crippen molar-refractivity contribution >= 4 is 23.7 Å². The second-order valence-corrected chi connectivity index (χ2v) is 11.6. The monoisotopic (exact) mass is 595 g/mol. The summed E-state index contributed by atoms with van der Waals surface area (Å²) in [6, 6.07) is 7.64. The Bertz CT molecular complexity index is 1170. The molecule has 3 saturated heterocycles. The molecule has 0 saturated carbocycles. The van der Waals surface area contributed by atoms with Gasteiger partial charge in [0.05, 0.1) is 30.6 Å². The lowest BCUT2D eigenvalue weighted by molar-refractivity contribution is -0.148. The number of aliphatic hydroxyl groups is 1. The molecule has 0 radical (unpaired) electrons. The Hall–Kier alpha value is -3.50. The number of benzene rings is 1. The first-order chi connectivity index (χ1) is 20.8. The molecule has 3 fully saturated rings. The van der Waals surface area contributed by atoms with Gasteiger partial charge in [-0.05, 0) is 31.2 Å². The van der Waals surface area contributed by atoms with Crippen LogP contribution in [0, 0.1) is 11.8 Å². The number of unbranched alkanes of at least 4 members (excludes halogenated alkanes) is 2. The number of hydrogen-bond donors (Lipinski definition) is 2.